The molecule has 2 heterocycles. The molecule has 2 aromatic heterocycles. The molecule has 2 N–H and O–H groups in total. The first kappa shape index (κ1) is 17.9. The minimum Gasteiger partial charge on any atom is -0.325 e. The average Bonchev–Trinajstić information content (AvgIpc) is 3.16. The molecule has 1 amide bonds. The first-order chi connectivity index (χ1) is 13.7. The number of carbonyl (C=O) groups is 1. The molecule has 0 bridgehead atoms. The summed E-state index contributed by atoms with van der Waals surface area (Å²) in [7, 11) is 0. The third-order valence-electron chi connectivity index (χ3n) is 4.86. The molecular formula is C23H22N4O. The van der Waals surface area contributed by atoms with Crippen molar-refractivity contribution < 1.29 is 4.79 Å². The van der Waals surface area contributed by atoms with Crippen molar-refractivity contribution in [3.8, 4) is 11.1 Å². The second kappa shape index (κ2) is 8.05. The quantitative estimate of drug-likeness (QED) is 0.507. The lowest BCUT2D eigenvalue weighted by Gasteiger charge is -2.08. The van der Waals surface area contributed by atoms with Gasteiger partial charge in [-0.25, -0.2) is 0 Å². The third-order valence-corrected chi connectivity index (χ3v) is 4.86. The Morgan fingerprint density at radius 1 is 1.11 bits per heavy atom. The van der Waals surface area contributed by atoms with Gasteiger partial charge in [-0.05, 0) is 66.3 Å². The number of anilines is 1. The van der Waals surface area contributed by atoms with Gasteiger partial charge in [-0.3, -0.25) is 14.9 Å². The van der Waals surface area contributed by atoms with Gasteiger partial charge in [0.05, 0.1) is 23.6 Å². The van der Waals surface area contributed by atoms with Gasteiger partial charge in [0.1, 0.15) is 0 Å². The fourth-order valence-electron chi connectivity index (χ4n) is 3.37. The Labute approximate surface area is 163 Å². The van der Waals surface area contributed by atoms with Crippen LogP contribution in [-0.4, -0.2) is 21.1 Å². The predicted molar refractivity (Wildman–Crippen MR) is 112 cm³/mol. The Kier molecular flexibility index (Phi) is 5.15. The number of benzene rings is 2. The first-order valence-corrected chi connectivity index (χ1v) is 9.42. The lowest BCUT2D eigenvalue weighted by atomic mass is 9.97. The van der Waals surface area contributed by atoms with E-state index in [1.807, 2.05) is 18.3 Å². The number of rotatable bonds is 6. The zero-order chi connectivity index (χ0) is 19.3. The first-order valence-electron chi connectivity index (χ1n) is 9.42. The fraction of sp³-hybridized carbons (Fsp3) is 0.174. The number of aryl methyl sites for hydroxylation is 2. The standard InChI is InChI=1S/C23H22N4O/c1-16-12-22-19(14-25-27-22)13-21(16)18-9-7-17(8-10-18)4-2-6-23(28)26-20-5-3-11-24-15-20/h3,5,7-15H,2,4,6H2,1H3,(H,25,27)(H,26,28). The Morgan fingerprint density at radius 3 is 2.75 bits per heavy atom. The van der Waals surface area contributed by atoms with Crippen molar-refractivity contribution in [3.05, 3.63) is 78.2 Å². The average molecular weight is 370 g/mol. The van der Waals surface area contributed by atoms with E-state index >= 15 is 0 Å². The number of H-pyrrole nitrogens is 1. The zero-order valence-corrected chi connectivity index (χ0v) is 15.8. The van der Waals surface area contributed by atoms with Crippen molar-refractivity contribution in [2.45, 2.75) is 26.2 Å². The van der Waals surface area contributed by atoms with Crippen LogP contribution >= 0.6 is 0 Å². The van der Waals surface area contributed by atoms with Crippen molar-refractivity contribution in [2.75, 3.05) is 5.32 Å². The Bertz CT molecular complexity index is 1080. The molecule has 4 aromatic rings. The molecule has 0 aliphatic carbocycles. The highest BCUT2D eigenvalue weighted by molar-refractivity contribution is 5.90. The summed E-state index contributed by atoms with van der Waals surface area (Å²) >= 11 is 0. The van der Waals surface area contributed by atoms with E-state index < -0.39 is 0 Å². The highest BCUT2D eigenvalue weighted by atomic mass is 16.1. The molecule has 0 fully saturated rings. The maximum atomic E-state index is 12.0. The molecule has 4 rings (SSSR count). The third kappa shape index (κ3) is 4.09. The number of hydrogen-bond donors (Lipinski definition) is 2. The number of aromatic nitrogens is 3. The van der Waals surface area contributed by atoms with Crippen LogP contribution in [0.2, 0.25) is 0 Å². The highest BCUT2D eigenvalue weighted by Gasteiger charge is 2.07. The molecule has 0 unspecified atom stereocenters. The van der Waals surface area contributed by atoms with E-state index in [1.54, 1.807) is 12.4 Å². The normalized spacial score (nSPS) is 10.9. The van der Waals surface area contributed by atoms with Gasteiger partial charge in [0.15, 0.2) is 0 Å². The lowest BCUT2D eigenvalue weighted by Crippen LogP contribution is -2.11. The molecule has 0 radical (unpaired) electrons. The summed E-state index contributed by atoms with van der Waals surface area (Å²) in [5, 5.41) is 11.1. The summed E-state index contributed by atoms with van der Waals surface area (Å²) in [5.41, 5.74) is 6.66. The summed E-state index contributed by atoms with van der Waals surface area (Å²) in [6.07, 6.45) is 7.37. The van der Waals surface area contributed by atoms with E-state index in [9.17, 15) is 4.79 Å². The van der Waals surface area contributed by atoms with Gasteiger partial charge < -0.3 is 5.32 Å². The van der Waals surface area contributed by atoms with Gasteiger partial charge >= 0.3 is 0 Å². The summed E-state index contributed by atoms with van der Waals surface area (Å²) < 4.78 is 0. The number of carbonyl (C=O) groups excluding carboxylic acids is 1. The minimum atomic E-state index is 0.0219. The van der Waals surface area contributed by atoms with Gasteiger partial charge in [0.25, 0.3) is 0 Å². The van der Waals surface area contributed by atoms with Crippen LogP contribution in [0.15, 0.2) is 67.1 Å². The zero-order valence-electron chi connectivity index (χ0n) is 15.8. The highest BCUT2D eigenvalue weighted by Crippen LogP contribution is 2.28. The largest absolute Gasteiger partial charge is 0.325 e. The number of hydrogen-bond acceptors (Lipinski definition) is 3. The van der Waals surface area contributed by atoms with E-state index in [2.05, 4.69) is 63.8 Å². The van der Waals surface area contributed by atoms with Crippen molar-refractivity contribution in [1.29, 1.82) is 0 Å². The van der Waals surface area contributed by atoms with E-state index in [0.717, 1.165) is 29.4 Å². The molecule has 2 aromatic carbocycles. The smallest absolute Gasteiger partial charge is 0.224 e. The van der Waals surface area contributed by atoms with Gasteiger partial charge in [-0.2, -0.15) is 5.10 Å². The van der Waals surface area contributed by atoms with Gasteiger partial charge in [0.2, 0.25) is 5.91 Å². The van der Waals surface area contributed by atoms with Crippen LogP contribution in [0.5, 0.6) is 0 Å². The molecule has 0 aliphatic rings. The molecule has 0 spiro atoms. The van der Waals surface area contributed by atoms with Crippen LogP contribution in [0, 0.1) is 6.92 Å². The summed E-state index contributed by atoms with van der Waals surface area (Å²) in [5.74, 6) is 0.0219. The molecular weight excluding hydrogens is 348 g/mol. The van der Waals surface area contributed by atoms with Crippen LogP contribution in [0.1, 0.15) is 24.0 Å². The van der Waals surface area contributed by atoms with Crippen molar-refractivity contribution in [3.63, 3.8) is 0 Å². The van der Waals surface area contributed by atoms with Crippen molar-refractivity contribution in [2.24, 2.45) is 0 Å². The van der Waals surface area contributed by atoms with Crippen molar-refractivity contribution in [1.82, 2.24) is 15.2 Å². The van der Waals surface area contributed by atoms with E-state index in [0.29, 0.717) is 6.42 Å². The number of nitrogens with zero attached hydrogens (tertiary/aromatic N) is 2. The van der Waals surface area contributed by atoms with Crippen molar-refractivity contribution >= 4 is 22.5 Å². The lowest BCUT2D eigenvalue weighted by molar-refractivity contribution is -0.116. The van der Waals surface area contributed by atoms with Gasteiger partial charge in [0, 0.05) is 18.0 Å². The monoisotopic (exact) mass is 370 g/mol. The molecule has 5 nitrogen and oxygen atoms in total. The number of nitrogens with one attached hydrogen (secondary N) is 2. The van der Waals surface area contributed by atoms with E-state index in [4.69, 9.17) is 0 Å². The molecule has 140 valence electrons. The minimum absolute atomic E-state index is 0.0219. The second-order valence-corrected chi connectivity index (χ2v) is 6.96. The summed E-state index contributed by atoms with van der Waals surface area (Å²) in [4.78, 5) is 16.0. The van der Waals surface area contributed by atoms with Crippen LogP contribution in [0.3, 0.4) is 0 Å². The predicted octanol–water partition coefficient (Wildman–Crippen LogP) is 4.89. The van der Waals surface area contributed by atoms with E-state index in [1.165, 1.54) is 22.3 Å². The molecule has 5 heteroatoms. The second-order valence-electron chi connectivity index (χ2n) is 6.96. The van der Waals surface area contributed by atoms with Gasteiger partial charge in [-0.1, -0.05) is 24.3 Å². The molecule has 0 atom stereocenters. The number of amides is 1. The van der Waals surface area contributed by atoms with E-state index in [-0.39, 0.29) is 5.91 Å². The maximum absolute atomic E-state index is 12.0. The summed E-state index contributed by atoms with van der Waals surface area (Å²) in [6.45, 7) is 2.12. The summed E-state index contributed by atoms with van der Waals surface area (Å²) in [6, 6.07) is 16.5. The Morgan fingerprint density at radius 2 is 1.96 bits per heavy atom. The van der Waals surface area contributed by atoms with Gasteiger partial charge in [-0.15, -0.1) is 0 Å². The molecule has 0 aliphatic heterocycles. The van der Waals surface area contributed by atoms with Crippen LogP contribution < -0.4 is 5.32 Å². The van der Waals surface area contributed by atoms with Crippen LogP contribution in [0.25, 0.3) is 22.0 Å². The fourth-order valence-corrected chi connectivity index (χ4v) is 3.37. The Balaban J connectivity index is 1.35. The molecule has 0 saturated heterocycles. The molecule has 0 saturated carbocycles. The number of aromatic amines is 1. The Hall–Kier alpha value is -3.47. The van der Waals surface area contributed by atoms with Crippen LogP contribution in [-0.2, 0) is 11.2 Å². The number of fused-ring (bicyclic) bond motifs is 1. The molecule has 28 heavy (non-hydrogen) atoms. The SMILES string of the molecule is Cc1cc2[nH]ncc2cc1-c1ccc(CCCC(=O)Nc2cccnc2)cc1. The topological polar surface area (TPSA) is 70.7 Å². The maximum Gasteiger partial charge on any atom is 0.224 e. The number of pyridine rings is 1. The van der Waals surface area contributed by atoms with Crippen LogP contribution in [0.4, 0.5) is 5.69 Å².